The predicted molar refractivity (Wildman–Crippen MR) is 295 cm³/mol. The van der Waals surface area contributed by atoms with Crippen LogP contribution >= 0.6 is 0 Å². The van der Waals surface area contributed by atoms with Crippen LogP contribution in [-0.4, -0.2) is 87.5 Å². The van der Waals surface area contributed by atoms with Crippen molar-refractivity contribution in [2.75, 3.05) is 13.2 Å². The fourth-order valence-electron chi connectivity index (χ4n) is 8.95. The van der Waals surface area contributed by atoms with Crippen LogP contribution in [-0.2, 0) is 14.3 Å². The van der Waals surface area contributed by atoms with E-state index in [0.717, 1.165) is 70.6 Å². The molecule has 0 aromatic rings. The quantitative estimate of drug-likeness (QED) is 0.0261. The van der Waals surface area contributed by atoms with E-state index in [1.807, 2.05) is 6.08 Å². The minimum Gasteiger partial charge on any atom is -0.394 e. The molecule has 70 heavy (non-hydrogen) atoms. The number of carbonyl (C=O) groups is 1. The molecule has 0 spiro atoms. The van der Waals surface area contributed by atoms with E-state index in [2.05, 4.69) is 79.9 Å². The first-order valence-electron chi connectivity index (χ1n) is 29.2. The summed E-state index contributed by atoms with van der Waals surface area (Å²) in [5.41, 5.74) is 0. The van der Waals surface area contributed by atoms with Gasteiger partial charge in [0, 0.05) is 6.42 Å². The summed E-state index contributed by atoms with van der Waals surface area (Å²) in [4.78, 5) is 13.1. The second-order valence-electron chi connectivity index (χ2n) is 20.1. The van der Waals surface area contributed by atoms with Crippen LogP contribution < -0.4 is 5.32 Å². The first kappa shape index (κ1) is 65.6. The molecule has 9 nitrogen and oxygen atoms in total. The first-order valence-corrected chi connectivity index (χ1v) is 29.2. The summed E-state index contributed by atoms with van der Waals surface area (Å²) in [5, 5.41) is 54.5. The molecule has 1 amide bonds. The summed E-state index contributed by atoms with van der Waals surface area (Å²) < 4.78 is 11.3. The predicted octanol–water partition coefficient (Wildman–Crippen LogP) is 14.5. The highest BCUT2D eigenvalue weighted by Gasteiger charge is 2.44. The van der Waals surface area contributed by atoms with Gasteiger partial charge in [-0.05, 0) is 64.2 Å². The molecular formula is C61H109NO8. The van der Waals surface area contributed by atoms with E-state index in [9.17, 15) is 30.3 Å². The van der Waals surface area contributed by atoms with Crippen molar-refractivity contribution < 1.29 is 39.8 Å². The molecule has 9 heteroatoms. The van der Waals surface area contributed by atoms with Crippen LogP contribution in [0.4, 0.5) is 0 Å². The van der Waals surface area contributed by atoms with Crippen LogP contribution in [0.5, 0.6) is 0 Å². The minimum absolute atomic E-state index is 0.178. The Morgan fingerprint density at radius 2 is 0.886 bits per heavy atom. The monoisotopic (exact) mass is 984 g/mol. The number of hydrogen-bond donors (Lipinski definition) is 6. The maximum absolute atomic E-state index is 13.1. The lowest BCUT2D eigenvalue weighted by Gasteiger charge is -2.40. The average Bonchev–Trinajstić information content (AvgIpc) is 3.36. The van der Waals surface area contributed by atoms with Gasteiger partial charge in [-0.2, -0.15) is 0 Å². The van der Waals surface area contributed by atoms with E-state index in [-0.39, 0.29) is 12.5 Å². The van der Waals surface area contributed by atoms with E-state index in [1.54, 1.807) is 6.08 Å². The number of nitrogens with one attached hydrogen (secondary N) is 1. The van der Waals surface area contributed by atoms with Gasteiger partial charge in [0.2, 0.25) is 5.91 Å². The second kappa shape index (κ2) is 50.2. The van der Waals surface area contributed by atoms with E-state index >= 15 is 0 Å². The molecule has 406 valence electrons. The molecule has 7 unspecified atom stereocenters. The maximum Gasteiger partial charge on any atom is 0.220 e. The van der Waals surface area contributed by atoms with Gasteiger partial charge in [-0.1, -0.05) is 254 Å². The van der Waals surface area contributed by atoms with Gasteiger partial charge in [0.05, 0.1) is 25.4 Å². The number of aliphatic hydroxyl groups excluding tert-OH is 5. The lowest BCUT2D eigenvalue weighted by Crippen LogP contribution is -2.60. The Morgan fingerprint density at radius 1 is 0.500 bits per heavy atom. The second-order valence-corrected chi connectivity index (χ2v) is 20.1. The van der Waals surface area contributed by atoms with Gasteiger partial charge >= 0.3 is 0 Å². The SMILES string of the molecule is CC/C=C\C/C=C\C/C=C\C/C=C\C/C=C\CCCCCCCCCCCCCCCCCC(=O)NC(COC1OC(CO)C(O)C(O)C1O)C(O)/C=C/CCCCCCCCCCCCCCCC. The Labute approximate surface area is 429 Å². The average molecular weight is 985 g/mol. The van der Waals surface area contributed by atoms with Gasteiger partial charge in [-0.3, -0.25) is 4.79 Å². The molecule has 6 N–H and O–H groups in total. The van der Waals surface area contributed by atoms with E-state index in [4.69, 9.17) is 9.47 Å². The Morgan fingerprint density at radius 3 is 1.31 bits per heavy atom. The molecule has 1 rings (SSSR count). The summed E-state index contributed by atoms with van der Waals surface area (Å²) in [6.07, 6.45) is 62.5. The highest BCUT2D eigenvalue weighted by Crippen LogP contribution is 2.23. The number of rotatable bonds is 49. The number of allylic oxidation sites excluding steroid dienone is 11. The first-order chi connectivity index (χ1) is 34.3. The fraction of sp³-hybridized carbons (Fsp3) is 0.787. The van der Waals surface area contributed by atoms with Gasteiger partial charge in [0.15, 0.2) is 6.29 Å². The molecule has 1 saturated heterocycles. The standard InChI is InChI=1S/C61H109NO8/c1-3-5-7-9-11-13-15-17-19-21-22-23-24-25-26-27-28-29-30-31-32-33-34-35-37-39-41-43-45-47-49-51-57(65)62-54(53-69-61-60(68)59(67)58(66)56(52-63)70-61)55(64)50-48-46-44-42-40-38-36-20-18-16-14-12-10-8-6-4-2/h5,7,11,13,17,19,22-23,25-26,48,50,54-56,58-61,63-64,66-68H,3-4,6,8-10,12,14-16,18,20-21,24,27-47,49,51-53H2,1-2H3,(H,62,65)/b7-5-,13-11-,19-17-,23-22-,26-25-,50-48+. The van der Waals surface area contributed by atoms with Crippen molar-refractivity contribution in [3.8, 4) is 0 Å². The van der Waals surface area contributed by atoms with Crippen LogP contribution in [0, 0.1) is 0 Å². The molecule has 0 aromatic carbocycles. The summed E-state index contributed by atoms with van der Waals surface area (Å²) in [6, 6.07) is -0.807. The van der Waals surface area contributed by atoms with E-state index in [1.165, 1.54) is 161 Å². The van der Waals surface area contributed by atoms with Gasteiger partial charge < -0.3 is 40.3 Å². The molecule has 0 aromatic heterocycles. The van der Waals surface area contributed by atoms with Gasteiger partial charge in [-0.15, -0.1) is 0 Å². The zero-order chi connectivity index (χ0) is 50.8. The van der Waals surface area contributed by atoms with Crippen molar-refractivity contribution in [2.24, 2.45) is 0 Å². The van der Waals surface area contributed by atoms with Gasteiger partial charge in [-0.25, -0.2) is 0 Å². The lowest BCUT2D eigenvalue weighted by molar-refractivity contribution is -0.302. The van der Waals surface area contributed by atoms with Crippen molar-refractivity contribution in [3.63, 3.8) is 0 Å². The smallest absolute Gasteiger partial charge is 0.220 e. The number of amides is 1. The summed E-state index contributed by atoms with van der Waals surface area (Å²) >= 11 is 0. The molecule has 1 heterocycles. The number of unbranched alkanes of at least 4 members (excludes halogenated alkanes) is 29. The van der Waals surface area contributed by atoms with Crippen LogP contribution in [0.25, 0.3) is 0 Å². The van der Waals surface area contributed by atoms with Gasteiger partial charge in [0.1, 0.15) is 24.4 Å². The molecular weight excluding hydrogens is 875 g/mol. The zero-order valence-electron chi connectivity index (χ0n) is 45.0. The topological polar surface area (TPSA) is 149 Å². The van der Waals surface area contributed by atoms with E-state index in [0.29, 0.717) is 6.42 Å². The highest BCUT2D eigenvalue weighted by atomic mass is 16.7. The summed E-state index contributed by atoms with van der Waals surface area (Å²) in [6.45, 7) is 3.68. The molecule has 1 aliphatic heterocycles. The van der Waals surface area contributed by atoms with Crippen LogP contribution in [0.15, 0.2) is 72.9 Å². The van der Waals surface area contributed by atoms with Crippen molar-refractivity contribution in [2.45, 2.75) is 294 Å². The van der Waals surface area contributed by atoms with Gasteiger partial charge in [0.25, 0.3) is 0 Å². The van der Waals surface area contributed by atoms with Crippen molar-refractivity contribution in [3.05, 3.63) is 72.9 Å². The number of aliphatic hydroxyl groups is 5. The van der Waals surface area contributed by atoms with Crippen molar-refractivity contribution in [1.29, 1.82) is 0 Å². The fourth-order valence-corrected chi connectivity index (χ4v) is 8.95. The molecule has 0 bridgehead atoms. The largest absolute Gasteiger partial charge is 0.394 e. The molecule has 1 fully saturated rings. The highest BCUT2D eigenvalue weighted by molar-refractivity contribution is 5.76. The third-order valence-corrected chi connectivity index (χ3v) is 13.5. The number of ether oxygens (including phenoxy) is 2. The van der Waals surface area contributed by atoms with E-state index < -0.39 is 49.5 Å². The molecule has 1 aliphatic rings. The van der Waals surface area contributed by atoms with Crippen LogP contribution in [0.2, 0.25) is 0 Å². The third kappa shape index (κ3) is 39.2. The molecule has 0 aliphatic carbocycles. The number of hydrogen-bond acceptors (Lipinski definition) is 8. The van der Waals surface area contributed by atoms with Crippen LogP contribution in [0.3, 0.4) is 0 Å². The minimum atomic E-state index is -1.57. The Bertz CT molecular complexity index is 1330. The molecule has 0 radical (unpaired) electrons. The Kier molecular flexibility index (Phi) is 47.1. The Hall–Kier alpha value is -2.37. The normalized spacial score (nSPS) is 19.9. The summed E-state index contributed by atoms with van der Waals surface area (Å²) in [7, 11) is 0. The zero-order valence-corrected chi connectivity index (χ0v) is 45.0. The molecule has 7 atom stereocenters. The third-order valence-electron chi connectivity index (χ3n) is 13.5. The number of carbonyl (C=O) groups excluding carboxylic acids is 1. The maximum atomic E-state index is 13.1. The Balaban J connectivity index is 2.17. The van der Waals surface area contributed by atoms with Crippen molar-refractivity contribution in [1.82, 2.24) is 5.32 Å². The molecule has 0 saturated carbocycles. The van der Waals surface area contributed by atoms with Crippen LogP contribution in [0.1, 0.15) is 251 Å². The summed E-state index contributed by atoms with van der Waals surface area (Å²) in [5.74, 6) is -0.178. The lowest BCUT2D eigenvalue weighted by atomic mass is 9.99. The van der Waals surface area contributed by atoms with Crippen molar-refractivity contribution >= 4 is 5.91 Å².